The molecule has 0 aliphatic heterocycles. The number of para-hydroxylation sites is 2. The lowest BCUT2D eigenvalue weighted by Gasteiger charge is -2.16. The van der Waals surface area contributed by atoms with Crippen LogP contribution in [0.15, 0.2) is 48.5 Å². The van der Waals surface area contributed by atoms with Crippen molar-refractivity contribution in [3.63, 3.8) is 0 Å². The third kappa shape index (κ3) is 6.26. The van der Waals surface area contributed by atoms with Gasteiger partial charge in [-0.3, -0.25) is 4.79 Å². The van der Waals surface area contributed by atoms with E-state index in [0.29, 0.717) is 23.9 Å². The van der Waals surface area contributed by atoms with E-state index in [1.807, 2.05) is 30.3 Å². The van der Waals surface area contributed by atoms with Crippen LogP contribution in [-0.4, -0.2) is 25.2 Å². The maximum absolute atomic E-state index is 12.2. The van der Waals surface area contributed by atoms with Crippen LogP contribution < -0.4 is 14.8 Å². The van der Waals surface area contributed by atoms with Gasteiger partial charge in [0.1, 0.15) is 11.5 Å². The van der Waals surface area contributed by atoms with Gasteiger partial charge in [0.05, 0.1) is 11.6 Å². The fraction of sp³-hybridized carbons (Fsp3) is 0.381. The first-order valence-electron chi connectivity index (χ1n) is 9.01. The van der Waals surface area contributed by atoms with Crippen LogP contribution in [0.25, 0.3) is 0 Å². The summed E-state index contributed by atoms with van der Waals surface area (Å²) in [7, 11) is 0. The minimum absolute atomic E-state index is 0.152. The van der Waals surface area contributed by atoms with Gasteiger partial charge in [-0.25, -0.2) is 0 Å². The number of nitrogens with one attached hydrogen (secondary N) is 1. The van der Waals surface area contributed by atoms with Crippen molar-refractivity contribution < 1.29 is 14.3 Å². The predicted octanol–water partition coefficient (Wildman–Crippen LogP) is 4.65. The molecule has 1 atom stereocenters. The van der Waals surface area contributed by atoms with Crippen molar-refractivity contribution in [2.75, 3.05) is 13.2 Å². The van der Waals surface area contributed by atoms with Gasteiger partial charge in [0, 0.05) is 6.54 Å². The van der Waals surface area contributed by atoms with Crippen molar-refractivity contribution in [1.29, 1.82) is 0 Å². The zero-order chi connectivity index (χ0) is 18.8. The van der Waals surface area contributed by atoms with E-state index in [-0.39, 0.29) is 5.91 Å². The Labute approximate surface area is 160 Å². The van der Waals surface area contributed by atoms with E-state index in [0.717, 1.165) is 30.6 Å². The number of hydrogen-bond acceptors (Lipinski definition) is 3. The van der Waals surface area contributed by atoms with Gasteiger partial charge in [-0.1, -0.05) is 48.9 Å². The molecule has 4 nitrogen and oxygen atoms in total. The number of aryl methyl sites for hydroxylation is 1. The number of benzene rings is 2. The average Bonchev–Trinajstić information content (AvgIpc) is 2.65. The first kappa shape index (κ1) is 20.1. The summed E-state index contributed by atoms with van der Waals surface area (Å²) in [5.41, 5.74) is 1.16. The smallest absolute Gasteiger partial charge is 0.260 e. The zero-order valence-corrected chi connectivity index (χ0v) is 16.1. The summed E-state index contributed by atoms with van der Waals surface area (Å²) in [5, 5.41) is 3.40. The van der Waals surface area contributed by atoms with Crippen LogP contribution in [0.4, 0.5) is 0 Å². The Bertz CT molecular complexity index is 705. The van der Waals surface area contributed by atoms with Crippen LogP contribution in [0.1, 0.15) is 32.3 Å². The minimum atomic E-state index is -0.602. The Morgan fingerprint density at radius 3 is 2.54 bits per heavy atom. The van der Waals surface area contributed by atoms with Crippen LogP contribution in [-0.2, 0) is 11.2 Å². The van der Waals surface area contributed by atoms with Gasteiger partial charge in [-0.2, -0.15) is 0 Å². The molecule has 2 aromatic carbocycles. The molecule has 0 aliphatic rings. The van der Waals surface area contributed by atoms with E-state index in [1.165, 1.54) is 0 Å². The summed E-state index contributed by atoms with van der Waals surface area (Å²) in [5.74, 6) is 1.29. The molecule has 0 radical (unpaired) electrons. The van der Waals surface area contributed by atoms with Gasteiger partial charge < -0.3 is 14.8 Å². The van der Waals surface area contributed by atoms with Crippen molar-refractivity contribution in [1.82, 2.24) is 5.32 Å². The van der Waals surface area contributed by atoms with E-state index < -0.39 is 6.10 Å². The topological polar surface area (TPSA) is 47.6 Å². The van der Waals surface area contributed by atoms with E-state index in [4.69, 9.17) is 21.1 Å². The molecule has 1 unspecified atom stereocenters. The van der Waals surface area contributed by atoms with Crippen LogP contribution in [0.3, 0.4) is 0 Å². The first-order valence-corrected chi connectivity index (χ1v) is 9.39. The highest BCUT2D eigenvalue weighted by atomic mass is 35.5. The molecule has 0 saturated heterocycles. The number of halogens is 1. The molecule has 0 fully saturated rings. The second kappa shape index (κ2) is 10.7. The standard InChI is InChI=1S/C21H26ClNO3/c1-3-15-25-19-12-6-4-9-17(19)10-8-14-23-21(24)16(2)26-20-13-7-5-11-18(20)22/h4-7,9,11-13,16H,3,8,10,14-15H2,1-2H3,(H,23,24). The Kier molecular flexibility index (Phi) is 8.29. The molecule has 0 bridgehead atoms. The molecule has 26 heavy (non-hydrogen) atoms. The van der Waals surface area contributed by atoms with Crippen molar-refractivity contribution in [2.24, 2.45) is 0 Å². The lowest BCUT2D eigenvalue weighted by atomic mass is 10.1. The second-order valence-electron chi connectivity index (χ2n) is 6.04. The number of carbonyl (C=O) groups excluding carboxylic acids is 1. The molecule has 0 aromatic heterocycles. The molecule has 0 aliphatic carbocycles. The van der Waals surface area contributed by atoms with Gasteiger partial charge in [0.2, 0.25) is 0 Å². The normalized spacial score (nSPS) is 11.7. The molecule has 2 aromatic rings. The molecule has 0 spiro atoms. The summed E-state index contributed by atoms with van der Waals surface area (Å²) < 4.78 is 11.4. The molecule has 0 heterocycles. The molecule has 0 saturated carbocycles. The van der Waals surface area contributed by atoms with Crippen molar-refractivity contribution in [3.8, 4) is 11.5 Å². The largest absolute Gasteiger partial charge is 0.493 e. The Morgan fingerprint density at radius 2 is 1.81 bits per heavy atom. The molecule has 1 N–H and O–H groups in total. The third-order valence-electron chi connectivity index (χ3n) is 3.87. The van der Waals surface area contributed by atoms with Crippen LogP contribution in [0, 0.1) is 0 Å². The number of carbonyl (C=O) groups is 1. The second-order valence-corrected chi connectivity index (χ2v) is 6.45. The third-order valence-corrected chi connectivity index (χ3v) is 4.18. The maximum Gasteiger partial charge on any atom is 0.260 e. The van der Waals surface area contributed by atoms with E-state index >= 15 is 0 Å². The lowest BCUT2D eigenvalue weighted by Crippen LogP contribution is -2.37. The Hall–Kier alpha value is -2.20. The average molecular weight is 376 g/mol. The quantitative estimate of drug-likeness (QED) is 0.615. The van der Waals surface area contributed by atoms with Gasteiger partial charge in [-0.15, -0.1) is 0 Å². The maximum atomic E-state index is 12.2. The fourth-order valence-electron chi connectivity index (χ4n) is 2.48. The van der Waals surface area contributed by atoms with E-state index in [9.17, 15) is 4.79 Å². The summed E-state index contributed by atoms with van der Waals surface area (Å²) in [6.45, 7) is 5.10. The highest BCUT2D eigenvalue weighted by molar-refractivity contribution is 6.32. The molecule has 140 valence electrons. The first-order chi connectivity index (χ1) is 12.6. The SMILES string of the molecule is CCCOc1ccccc1CCCNC(=O)C(C)Oc1ccccc1Cl. The van der Waals surface area contributed by atoms with Gasteiger partial charge in [-0.05, 0) is 49.9 Å². The van der Waals surface area contributed by atoms with Gasteiger partial charge in [0.25, 0.3) is 5.91 Å². The number of amides is 1. The van der Waals surface area contributed by atoms with Crippen LogP contribution in [0.5, 0.6) is 11.5 Å². The van der Waals surface area contributed by atoms with Crippen molar-refractivity contribution in [3.05, 3.63) is 59.1 Å². The Balaban J connectivity index is 1.75. The lowest BCUT2D eigenvalue weighted by molar-refractivity contribution is -0.127. The number of ether oxygens (including phenoxy) is 2. The van der Waals surface area contributed by atoms with Gasteiger partial charge >= 0.3 is 0 Å². The summed E-state index contributed by atoms with van der Waals surface area (Å²) in [6, 6.07) is 15.2. The number of rotatable bonds is 10. The van der Waals surface area contributed by atoms with E-state index in [2.05, 4.69) is 18.3 Å². The van der Waals surface area contributed by atoms with Crippen LogP contribution >= 0.6 is 11.6 Å². The highest BCUT2D eigenvalue weighted by Crippen LogP contribution is 2.24. The predicted molar refractivity (Wildman–Crippen MR) is 105 cm³/mol. The fourth-order valence-corrected chi connectivity index (χ4v) is 2.66. The van der Waals surface area contributed by atoms with Crippen molar-refractivity contribution >= 4 is 17.5 Å². The van der Waals surface area contributed by atoms with Crippen LogP contribution in [0.2, 0.25) is 5.02 Å². The number of hydrogen-bond donors (Lipinski definition) is 1. The molecular formula is C21H26ClNO3. The molecular weight excluding hydrogens is 350 g/mol. The van der Waals surface area contributed by atoms with E-state index in [1.54, 1.807) is 19.1 Å². The highest BCUT2D eigenvalue weighted by Gasteiger charge is 2.15. The molecule has 5 heteroatoms. The molecule has 1 amide bonds. The monoisotopic (exact) mass is 375 g/mol. The summed E-state index contributed by atoms with van der Waals surface area (Å²) in [6.07, 6.45) is 2.06. The zero-order valence-electron chi connectivity index (χ0n) is 15.3. The minimum Gasteiger partial charge on any atom is -0.493 e. The Morgan fingerprint density at radius 1 is 1.12 bits per heavy atom. The molecule has 2 rings (SSSR count). The summed E-state index contributed by atoms with van der Waals surface area (Å²) >= 11 is 6.05. The van der Waals surface area contributed by atoms with Crippen molar-refractivity contribution in [2.45, 2.75) is 39.2 Å². The van der Waals surface area contributed by atoms with Gasteiger partial charge in [0.15, 0.2) is 6.10 Å². The summed E-state index contributed by atoms with van der Waals surface area (Å²) in [4.78, 5) is 12.2.